The number of nitrogens with zero attached hydrogens (tertiary/aromatic N) is 1. The van der Waals surface area contributed by atoms with Gasteiger partial charge in [-0.2, -0.15) is 4.74 Å². The molecule has 4 nitrogen and oxygen atoms in total. The largest absolute Gasteiger partial charge is 0.451 e. The third-order valence-electron chi connectivity index (χ3n) is 4.97. The number of carbonyl (C=O) groups is 1. The van der Waals surface area contributed by atoms with Gasteiger partial charge in [0.15, 0.2) is 0 Å². The van der Waals surface area contributed by atoms with Crippen LogP contribution in [0.5, 0.6) is 0 Å². The number of methoxy groups -OCH3 is 1. The molecule has 0 bridgehead atoms. The van der Waals surface area contributed by atoms with Gasteiger partial charge in [0.2, 0.25) is 0 Å². The quantitative estimate of drug-likeness (QED) is 0.556. The predicted octanol–water partition coefficient (Wildman–Crippen LogP) is 5.38. The minimum absolute atomic E-state index is 0.382. The molecule has 6 heteroatoms. The van der Waals surface area contributed by atoms with Gasteiger partial charge in [0.25, 0.3) is 0 Å². The second-order valence-electron chi connectivity index (χ2n) is 6.66. The number of aliphatic hydroxyl groups excluding tert-OH is 1. The highest BCUT2D eigenvalue weighted by Gasteiger charge is 2.37. The Morgan fingerprint density at radius 3 is 1.86 bits per heavy atom. The van der Waals surface area contributed by atoms with Crippen molar-refractivity contribution < 1.29 is 14.6 Å². The molecule has 0 saturated carbocycles. The van der Waals surface area contributed by atoms with Crippen molar-refractivity contribution >= 4 is 35.4 Å². The maximum absolute atomic E-state index is 12.4. The minimum Gasteiger partial charge on any atom is -0.451 e. The van der Waals surface area contributed by atoms with Gasteiger partial charge < -0.3 is 9.84 Å². The lowest BCUT2D eigenvalue weighted by molar-refractivity contribution is 0.176. The lowest BCUT2D eigenvalue weighted by Crippen LogP contribution is -2.29. The molecule has 0 aliphatic carbocycles. The number of rotatable bonds is 5. The second kappa shape index (κ2) is 9.41. The fourth-order valence-electron chi connectivity index (χ4n) is 3.45. The van der Waals surface area contributed by atoms with E-state index in [9.17, 15) is 9.90 Å². The van der Waals surface area contributed by atoms with E-state index in [1.165, 1.54) is 7.11 Å². The van der Waals surface area contributed by atoms with E-state index in [1.54, 1.807) is 24.3 Å². The minimum atomic E-state index is -2.73. The molecule has 29 heavy (non-hydrogen) atoms. The summed E-state index contributed by atoms with van der Waals surface area (Å²) in [5, 5.41) is 13.7. The molecule has 3 rings (SSSR count). The fourth-order valence-corrected chi connectivity index (χ4v) is 7.40. The summed E-state index contributed by atoms with van der Waals surface area (Å²) in [4.78, 5) is 12.4. The average Bonchev–Trinajstić information content (AvgIpc) is 2.78. The van der Waals surface area contributed by atoms with Gasteiger partial charge >= 0.3 is 6.09 Å². The molecule has 0 saturated heterocycles. The van der Waals surface area contributed by atoms with E-state index in [0.29, 0.717) is 5.02 Å². The first-order valence-electron chi connectivity index (χ1n) is 9.23. The summed E-state index contributed by atoms with van der Waals surface area (Å²) in [5.41, 5.74) is 0.339. The molecule has 0 aromatic heterocycles. The Balaban J connectivity index is 2.27. The number of aliphatic hydroxyl groups is 1. The van der Waals surface area contributed by atoms with Crippen molar-refractivity contribution in [2.75, 3.05) is 7.11 Å². The molecule has 0 fully saturated rings. The number of hydrogen-bond donors (Lipinski definition) is 1. The smallest absolute Gasteiger partial charge is 0.432 e. The number of hydrogen-bond acceptors (Lipinski definition) is 3. The Kier molecular flexibility index (Phi) is 6.92. The molecule has 0 heterocycles. The van der Waals surface area contributed by atoms with Crippen molar-refractivity contribution in [3.8, 4) is 0 Å². The molecule has 3 aromatic rings. The van der Waals surface area contributed by atoms with Crippen LogP contribution in [0.2, 0.25) is 5.02 Å². The Hall–Kier alpha value is -2.39. The summed E-state index contributed by atoms with van der Waals surface area (Å²) in [7, 11) is -1.41. The Labute approximate surface area is 176 Å². The van der Waals surface area contributed by atoms with Gasteiger partial charge in [-0.25, -0.2) is 4.79 Å². The van der Waals surface area contributed by atoms with Crippen molar-refractivity contribution in [1.29, 1.82) is 0 Å². The van der Waals surface area contributed by atoms with Crippen LogP contribution in [0.25, 0.3) is 0 Å². The van der Waals surface area contributed by atoms with Gasteiger partial charge in [-0.1, -0.05) is 91.3 Å². The summed E-state index contributed by atoms with van der Waals surface area (Å²) in [6.45, 7) is 1.93. The van der Waals surface area contributed by atoms with E-state index < -0.39 is 19.3 Å². The number of benzene rings is 3. The molecule has 3 aromatic carbocycles. The monoisotopic (exact) mass is 427 g/mol. The summed E-state index contributed by atoms with van der Waals surface area (Å²) in [5.74, 6) is 0. The van der Waals surface area contributed by atoms with E-state index >= 15 is 0 Å². The van der Waals surface area contributed by atoms with Gasteiger partial charge in [0.1, 0.15) is 0 Å². The van der Waals surface area contributed by atoms with Crippen LogP contribution < -0.4 is 10.6 Å². The number of carbonyl (C=O) groups excluding carboxylic acids is 1. The van der Waals surface area contributed by atoms with Crippen LogP contribution in [0.1, 0.15) is 18.6 Å². The van der Waals surface area contributed by atoms with Crippen molar-refractivity contribution in [2.45, 2.75) is 18.7 Å². The molecular weight excluding hydrogens is 405 g/mol. The van der Waals surface area contributed by atoms with Gasteiger partial charge in [-0.3, -0.25) is 0 Å². The molecule has 0 unspecified atom stereocenters. The van der Waals surface area contributed by atoms with E-state index in [-0.39, 0.29) is 5.66 Å². The van der Waals surface area contributed by atoms with Gasteiger partial charge in [-0.05, 0) is 28.3 Å². The van der Waals surface area contributed by atoms with E-state index in [1.807, 2.05) is 67.6 Å². The zero-order chi connectivity index (χ0) is 20.9. The summed E-state index contributed by atoms with van der Waals surface area (Å²) in [6, 6.07) is 26.4. The van der Waals surface area contributed by atoms with Crippen molar-refractivity contribution in [2.24, 2.45) is 4.74 Å². The molecule has 2 atom stereocenters. The third-order valence-corrected chi connectivity index (χ3v) is 9.33. The van der Waals surface area contributed by atoms with Crippen LogP contribution >= 0.6 is 18.7 Å². The maximum Gasteiger partial charge on any atom is 0.432 e. The summed E-state index contributed by atoms with van der Waals surface area (Å²) < 4.78 is 9.52. The van der Waals surface area contributed by atoms with Crippen LogP contribution in [-0.4, -0.2) is 24.0 Å². The molecule has 1 amide bonds. The SMILES string of the molecule is COC(=O)N=P(c1ccccc1)(c1ccccc1)[C@@H](C)[C@H](O)c1ccc(Cl)cc1. The molecule has 0 radical (unpaired) electrons. The lowest BCUT2D eigenvalue weighted by atomic mass is 10.1. The number of amides is 1. The molecule has 0 spiro atoms. The van der Waals surface area contributed by atoms with Gasteiger partial charge in [-0.15, -0.1) is 0 Å². The number of ether oxygens (including phenoxy) is 1. The Morgan fingerprint density at radius 1 is 0.931 bits per heavy atom. The zero-order valence-corrected chi connectivity index (χ0v) is 17.9. The Bertz CT molecular complexity index is 964. The first kappa shape index (κ1) is 21.3. The third kappa shape index (κ3) is 4.45. The molecule has 1 N–H and O–H groups in total. The lowest BCUT2D eigenvalue weighted by Gasteiger charge is -2.34. The van der Waals surface area contributed by atoms with Crippen LogP contribution in [0.4, 0.5) is 4.79 Å². The van der Waals surface area contributed by atoms with E-state index in [2.05, 4.69) is 4.74 Å². The highest BCUT2D eigenvalue weighted by atomic mass is 35.5. The second-order valence-corrected chi connectivity index (χ2v) is 10.5. The molecule has 0 aliphatic rings. The van der Waals surface area contributed by atoms with Crippen molar-refractivity contribution in [3.63, 3.8) is 0 Å². The van der Waals surface area contributed by atoms with Crippen molar-refractivity contribution in [1.82, 2.24) is 0 Å². The highest BCUT2D eigenvalue weighted by molar-refractivity contribution is 7.81. The molecule has 150 valence electrons. The zero-order valence-electron chi connectivity index (χ0n) is 16.3. The predicted molar refractivity (Wildman–Crippen MR) is 120 cm³/mol. The van der Waals surface area contributed by atoms with E-state index in [4.69, 9.17) is 16.3 Å². The van der Waals surface area contributed by atoms with Crippen LogP contribution in [0, 0.1) is 0 Å². The van der Waals surface area contributed by atoms with Crippen molar-refractivity contribution in [3.05, 3.63) is 95.5 Å². The standard InChI is InChI=1S/C23H23ClNO3P/c1-17(22(26)18-13-15-19(24)16-14-18)29(25-23(27)28-2,20-9-5-3-6-10-20)21-11-7-4-8-12-21/h3-17,22,26H,1-2H3/t17-,22-/m0/s1. The average molecular weight is 428 g/mol. The topological polar surface area (TPSA) is 58.9 Å². The first-order chi connectivity index (χ1) is 14.0. The van der Waals surface area contributed by atoms with Crippen LogP contribution in [0.15, 0.2) is 89.7 Å². The Morgan fingerprint density at radius 2 is 1.41 bits per heavy atom. The normalized spacial score (nSPS) is 13.4. The fraction of sp³-hybridized carbons (Fsp3) is 0.174. The van der Waals surface area contributed by atoms with Gasteiger partial charge in [0, 0.05) is 17.7 Å². The molecular formula is C23H23ClNO3P. The van der Waals surface area contributed by atoms with Crippen LogP contribution in [-0.2, 0) is 4.74 Å². The summed E-state index contributed by atoms with van der Waals surface area (Å²) in [6.07, 6.45) is -1.50. The maximum atomic E-state index is 12.4. The first-order valence-corrected chi connectivity index (χ1v) is 11.4. The molecule has 0 aliphatic heterocycles. The number of halogens is 1. The summed E-state index contributed by atoms with van der Waals surface area (Å²) >= 11 is 6.01. The van der Waals surface area contributed by atoms with Gasteiger partial charge in [0.05, 0.1) is 13.2 Å². The van der Waals surface area contributed by atoms with E-state index in [0.717, 1.165) is 16.2 Å². The van der Waals surface area contributed by atoms with Crippen LogP contribution in [0.3, 0.4) is 0 Å². The highest BCUT2D eigenvalue weighted by Crippen LogP contribution is 2.56.